The molecule has 0 saturated carbocycles. The molecule has 3 aliphatic heterocycles. The molecule has 0 spiro atoms. The van der Waals surface area contributed by atoms with E-state index in [0.29, 0.717) is 38.8 Å². The fourth-order valence-corrected chi connectivity index (χ4v) is 6.27. The van der Waals surface area contributed by atoms with Crippen molar-refractivity contribution in [2.75, 3.05) is 13.1 Å². The molecular weight excluding hydrogens is 478 g/mol. The average molecular weight is 516 g/mol. The molecule has 2 aromatic rings. The van der Waals surface area contributed by atoms with Crippen LogP contribution >= 0.6 is 0 Å². The molecule has 7 heteroatoms. The van der Waals surface area contributed by atoms with Gasteiger partial charge in [0.2, 0.25) is 17.7 Å². The van der Waals surface area contributed by atoms with Crippen molar-refractivity contribution in [1.29, 1.82) is 0 Å². The monoisotopic (exact) mass is 515 g/mol. The van der Waals surface area contributed by atoms with Gasteiger partial charge in [0.15, 0.2) is 0 Å². The van der Waals surface area contributed by atoms with Crippen LogP contribution in [0.1, 0.15) is 55.2 Å². The molecular formula is C31H37N3O4. The number of Topliss-reactive ketones (excluding diaryl/α,β-unsaturated/α-hetero) is 1. The molecule has 3 fully saturated rings. The maximum atomic E-state index is 13.9. The van der Waals surface area contributed by atoms with Crippen molar-refractivity contribution in [1.82, 2.24) is 15.1 Å². The largest absolute Gasteiger partial charge is 0.351 e. The number of nitrogens with zero attached hydrogens (tertiary/aromatic N) is 2. The van der Waals surface area contributed by atoms with Gasteiger partial charge in [0.1, 0.15) is 17.9 Å². The number of nitrogens with one attached hydrogen (secondary N) is 1. The number of hydrogen-bond acceptors (Lipinski definition) is 4. The van der Waals surface area contributed by atoms with Crippen LogP contribution in [0.5, 0.6) is 0 Å². The van der Waals surface area contributed by atoms with Crippen LogP contribution in [0, 0.1) is 12.8 Å². The molecule has 4 atom stereocenters. The van der Waals surface area contributed by atoms with Crippen LogP contribution in [0.3, 0.4) is 0 Å². The lowest BCUT2D eigenvalue weighted by atomic mass is 9.89. The number of ketones is 1. The summed E-state index contributed by atoms with van der Waals surface area (Å²) in [6.07, 6.45) is 3.91. The van der Waals surface area contributed by atoms with Gasteiger partial charge < -0.3 is 15.1 Å². The van der Waals surface area contributed by atoms with E-state index < -0.39 is 24.0 Å². The number of carbonyl (C=O) groups is 4. The van der Waals surface area contributed by atoms with E-state index in [-0.39, 0.29) is 36.3 Å². The second-order valence-corrected chi connectivity index (χ2v) is 11.1. The van der Waals surface area contributed by atoms with Crippen LogP contribution in [0.4, 0.5) is 0 Å². The van der Waals surface area contributed by atoms with Crippen molar-refractivity contribution in [2.24, 2.45) is 5.92 Å². The summed E-state index contributed by atoms with van der Waals surface area (Å²) < 4.78 is 0. The summed E-state index contributed by atoms with van der Waals surface area (Å²) in [5.74, 6) is -1.03. The molecule has 3 heterocycles. The third-order valence-corrected chi connectivity index (χ3v) is 8.23. The Hall–Kier alpha value is -3.48. The van der Waals surface area contributed by atoms with Gasteiger partial charge in [-0.1, -0.05) is 60.2 Å². The second kappa shape index (κ2) is 11.5. The predicted octanol–water partition coefficient (Wildman–Crippen LogP) is 3.23. The molecule has 0 aromatic heterocycles. The molecule has 3 aliphatic rings. The van der Waals surface area contributed by atoms with E-state index in [0.717, 1.165) is 29.5 Å². The zero-order valence-corrected chi connectivity index (χ0v) is 22.1. The number of hydrogen-bond donors (Lipinski definition) is 1. The lowest BCUT2D eigenvalue weighted by molar-refractivity contribution is -0.148. The Morgan fingerprint density at radius 3 is 2.08 bits per heavy atom. The second-order valence-electron chi connectivity index (χ2n) is 11.1. The van der Waals surface area contributed by atoms with Crippen LogP contribution in [-0.4, -0.2) is 64.5 Å². The van der Waals surface area contributed by atoms with Crippen molar-refractivity contribution in [3.05, 3.63) is 71.3 Å². The van der Waals surface area contributed by atoms with E-state index in [9.17, 15) is 19.2 Å². The van der Waals surface area contributed by atoms with E-state index in [1.165, 1.54) is 0 Å². The van der Waals surface area contributed by atoms with E-state index >= 15 is 0 Å². The molecule has 4 unspecified atom stereocenters. The Morgan fingerprint density at radius 2 is 1.37 bits per heavy atom. The summed E-state index contributed by atoms with van der Waals surface area (Å²) in [5, 5.41) is 3.12. The van der Waals surface area contributed by atoms with Gasteiger partial charge in [-0.15, -0.1) is 0 Å². The fourth-order valence-electron chi connectivity index (χ4n) is 6.27. The highest BCUT2D eigenvalue weighted by Crippen LogP contribution is 2.29. The minimum Gasteiger partial charge on any atom is -0.351 e. The maximum absolute atomic E-state index is 13.9. The normalized spacial score (nSPS) is 26.8. The minimum atomic E-state index is -0.563. The molecule has 0 radical (unpaired) electrons. The van der Waals surface area contributed by atoms with Gasteiger partial charge in [-0.3, -0.25) is 19.2 Å². The third-order valence-electron chi connectivity index (χ3n) is 8.23. The molecule has 7 nitrogen and oxygen atoms in total. The molecule has 38 heavy (non-hydrogen) atoms. The first kappa shape index (κ1) is 26.1. The average Bonchev–Trinajstić information content (AvgIpc) is 3.59. The van der Waals surface area contributed by atoms with Crippen molar-refractivity contribution in [3.8, 4) is 0 Å². The quantitative estimate of drug-likeness (QED) is 0.678. The van der Waals surface area contributed by atoms with Crippen LogP contribution in [-0.2, 0) is 32.0 Å². The van der Waals surface area contributed by atoms with Gasteiger partial charge in [0, 0.05) is 37.9 Å². The Bertz CT molecular complexity index is 1180. The summed E-state index contributed by atoms with van der Waals surface area (Å²) in [5.41, 5.74) is 3.17. The third kappa shape index (κ3) is 5.82. The molecule has 2 aromatic carbocycles. The molecule has 1 N–H and O–H groups in total. The van der Waals surface area contributed by atoms with E-state index in [1.807, 2.05) is 61.5 Å². The number of fused-ring (bicyclic) bond motifs is 2. The van der Waals surface area contributed by atoms with Gasteiger partial charge in [-0.05, 0) is 56.6 Å². The summed E-state index contributed by atoms with van der Waals surface area (Å²) in [4.78, 5) is 58.0. The van der Waals surface area contributed by atoms with Gasteiger partial charge in [0.25, 0.3) is 0 Å². The Labute approximate surface area is 224 Å². The summed E-state index contributed by atoms with van der Waals surface area (Å²) in [7, 11) is 0. The molecule has 200 valence electrons. The fraction of sp³-hybridized carbons (Fsp3) is 0.484. The lowest BCUT2D eigenvalue weighted by Gasteiger charge is -2.32. The van der Waals surface area contributed by atoms with Crippen LogP contribution in [0.2, 0.25) is 0 Å². The Kier molecular flexibility index (Phi) is 7.91. The van der Waals surface area contributed by atoms with Crippen molar-refractivity contribution in [2.45, 2.75) is 76.4 Å². The first-order chi connectivity index (χ1) is 18.4. The first-order valence-electron chi connectivity index (χ1n) is 13.9. The van der Waals surface area contributed by atoms with Crippen LogP contribution in [0.25, 0.3) is 0 Å². The maximum Gasteiger partial charge on any atom is 0.246 e. The zero-order chi connectivity index (χ0) is 26.6. The highest BCUT2D eigenvalue weighted by Gasteiger charge is 2.44. The first-order valence-corrected chi connectivity index (χ1v) is 13.9. The van der Waals surface area contributed by atoms with Crippen molar-refractivity contribution in [3.63, 3.8) is 0 Å². The van der Waals surface area contributed by atoms with Gasteiger partial charge in [0.05, 0.1) is 0 Å². The topological polar surface area (TPSA) is 86.8 Å². The summed E-state index contributed by atoms with van der Waals surface area (Å²) in [6, 6.07) is 16.3. The highest BCUT2D eigenvalue weighted by molar-refractivity contribution is 5.95. The summed E-state index contributed by atoms with van der Waals surface area (Å²) in [6.45, 7) is 3.05. The SMILES string of the molecule is Cc1ccc(CC2CC(=O)CC(Cc3ccccc3)NC(=O)C3CCCN3C(=O)C3CCCN3C2=O)cc1. The molecule has 0 bridgehead atoms. The Morgan fingerprint density at radius 1 is 0.737 bits per heavy atom. The minimum absolute atomic E-state index is 0.0405. The molecule has 5 rings (SSSR count). The van der Waals surface area contributed by atoms with Crippen LogP contribution < -0.4 is 5.32 Å². The molecule has 3 amide bonds. The van der Waals surface area contributed by atoms with Crippen molar-refractivity contribution < 1.29 is 19.2 Å². The van der Waals surface area contributed by atoms with Gasteiger partial charge in [-0.25, -0.2) is 0 Å². The van der Waals surface area contributed by atoms with Crippen LogP contribution in [0.15, 0.2) is 54.6 Å². The number of amides is 3. The van der Waals surface area contributed by atoms with E-state index in [2.05, 4.69) is 5.32 Å². The zero-order valence-electron chi connectivity index (χ0n) is 22.1. The van der Waals surface area contributed by atoms with E-state index in [4.69, 9.17) is 0 Å². The van der Waals surface area contributed by atoms with E-state index in [1.54, 1.807) is 9.80 Å². The van der Waals surface area contributed by atoms with Gasteiger partial charge >= 0.3 is 0 Å². The molecule has 3 saturated heterocycles. The van der Waals surface area contributed by atoms with Crippen molar-refractivity contribution >= 4 is 23.5 Å². The number of aryl methyl sites for hydroxylation is 1. The number of rotatable bonds is 4. The summed E-state index contributed by atoms with van der Waals surface area (Å²) >= 11 is 0. The number of benzene rings is 2. The Balaban J connectivity index is 1.46. The standard InChI is InChI=1S/C31H37N3O4/c1-21-11-13-23(14-12-21)17-24-19-26(35)20-25(18-22-7-3-2-4-8-22)32-29(36)27-9-5-15-33(27)31(38)28-10-6-16-34(28)30(24)37/h2-4,7-8,11-14,24-25,27-28H,5-6,9-10,15-20H2,1H3,(H,32,36). The van der Waals surface area contributed by atoms with Gasteiger partial charge in [-0.2, -0.15) is 0 Å². The molecule has 0 aliphatic carbocycles. The smallest absolute Gasteiger partial charge is 0.246 e. The predicted molar refractivity (Wildman–Crippen MR) is 144 cm³/mol. The number of carbonyl (C=O) groups excluding carboxylic acids is 4. The highest BCUT2D eigenvalue weighted by atomic mass is 16.2. The lowest BCUT2D eigenvalue weighted by Crippen LogP contribution is -2.54.